The maximum atomic E-state index is 5.76. The Labute approximate surface area is 112 Å². The topological polar surface area (TPSA) is 43.8 Å². The second kappa shape index (κ2) is 5.96. The van der Waals surface area contributed by atoms with E-state index in [-0.39, 0.29) is 0 Å². The largest absolute Gasteiger partial charge is 0.399 e. The van der Waals surface area contributed by atoms with Crippen molar-refractivity contribution in [2.75, 3.05) is 11.5 Å². The highest BCUT2D eigenvalue weighted by atomic mass is 32.2. The highest BCUT2D eigenvalue weighted by molar-refractivity contribution is 7.99. The predicted molar refractivity (Wildman–Crippen MR) is 77.8 cm³/mol. The molecule has 0 fully saturated rings. The number of thioether (sulfide) groups is 1. The summed E-state index contributed by atoms with van der Waals surface area (Å²) in [6.45, 7) is 2.02. The molecular formula is C14H19N3S. The monoisotopic (exact) mass is 261 g/mol. The van der Waals surface area contributed by atoms with E-state index in [0.29, 0.717) is 0 Å². The molecule has 0 bridgehead atoms. The fourth-order valence-electron chi connectivity index (χ4n) is 1.92. The summed E-state index contributed by atoms with van der Waals surface area (Å²) in [6, 6.07) is 10.3. The Kier molecular flexibility index (Phi) is 4.31. The van der Waals surface area contributed by atoms with Crippen LogP contribution in [0.2, 0.25) is 0 Å². The molecule has 0 aliphatic heterocycles. The number of nitrogen functional groups attached to an aromatic ring is 1. The number of aryl methyl sites for hydroxylation is 3. The molecule has 2 rings (SSSR count). The zero-order chi connectivity index (χ0) is 13.0. The maximum absolute atomic E-state index is 5.76. The fourth-order valence-corrected chi connectivity index (χ4v) is 2.90. The minimum atomic E-state index is 0.849. The van der Waals surface area contributed by atoms with Gasteiger partial charge in [-0.2, -0.15) is 5.10 Å². The lowest BCUT2D eigenvalue weighted by molar-refractivity contribution is 0.692. The summed E-state index contributed by atoms with van der Waals surface area (Å²) in [6.07, 6.45) is 2.23. The molecule has 0 unspecified atom stereocenters. The van der Waals surface area contributed by atoms with E-state index in [1.807, 2.05) is 42.5 Å². The van der Waals surface area contributed by atoms with E-state index in [1.54, 1.807) is 0 Å². The Morgan fingerprint density at radius 3 is 2.83 bits per heavy atom. The van der Waals surface area contributed by atoms with Gasteiger partial charge in [-0.15, -0.1) is 11.8 Å². The van der Waals surface area contributed by atoms with Crippen LogP contribution in [0, 0.1) is 6.92 Å². The molecule has 0 saturated heterocycles. The molecule has 0 saturated carbocycles. The molecule has 2 aromatic rings. The van der Waals surface area contributed by atoms with E-state index in [2.05, 4.69) is 23.3 Å². The Morgan fingerprint density at radius 1 is 1.33 bits per heavy atom. The first-order valence-corrected chi connectivity index (χ1v) is 7.11. The third-order valence-electron chi connectivity index (χ3n) is 2.77. The second-order valence-electron chi connectivity index (χ2n) is 4.44. The van der Waals surface area contributed by atoms with Crippen LogP contribution < -0.4 is 5.73 Å². The van der Waals surface area contributed by atoms with Gasteiger partial charge in [-0.25, -0.2) is 0 Å². The van der Waals surface area contributed by atoms with Gasteiger partial charge < -0.3 is 5.73 Å². The molecule has 0 amide bonds. The van der Waals surface area contributed by atoms with Crippen LogP contribution in [0.3, 0.4) is 0 Å². The number of hydrogen-bond acceptors (Lipinski definition) is 3. The van der Waals surface area contributed by atoms with Gasteiger partial charge in [-0.3, -0.25) is 4.68 Å². The molecule has 0 atom stereocenters. The Balaban J connectivity index is 1.78. The molecule has 0 aliphatic rings. The summed E-state index contributed by atoms with van der Waals surface area (Å²) in [5.74, 6) is 1.10. The molecule has 1 aromatic carbocycles. The van der Waals surface area contributed by atoms with Crippen LogP contribution in [0.4, 0.5) is 5.69 Å². The zero-order valence-electron chi connectivity index (χ0n) is 10.9. The van der Waals surface area contributed by atoms with Crippen LogP contribution in [0.25, 0.3) is 0 Å². The fraction of sp³-hybridized carbons (Fsp3) is 0.357. The number of rotatable bonds is 5. The van der Waals surface area contributed by atoms with Crippen molar-refractivity contribution in [2.45, 2.75) is 24.8 Å². The molecular weight excluding hydrogens is 242 g/mol. The molecule has 1 heterocycles. The van der Waals surface area contributed by atoms with Crippen molar-refractivity contribution in [1.29, 1.82) is 0 Å². The Hall–Kier alpha value is -1.42. The van der Waals surface area contributed by atoms with E-state index in [4.69, 9.17) is 5.73 Å². The summed E-state index contributed by atoms with van der Waals surface area (Å²) in [4.78, 5) is 0. The quantitative estimate of drug-likeness (QED) is 0.511. The van der Waals surface area contributed by atoms with Crippen molar-refractivity contribution in [3.05, 3.63) is 41.6 Å². The van der Waals surface area contributed by atoms with E-state index in [1.165, 1.54) is 10.6 Å². The van der Waals surface area contributed by atoms with Gasteiger partial charge >= 0.3 is 0 Å². The first-order valence-electron chi connectivity index (χ1n) is 6.13. The second-order valence-corrected chi connectivity index (χ2v) is 5.56. The normalized spacial score (nSPS) is 10.8. The van der Waals surface area contributed by atoms with Gasteiger partial charge in [0.25, 0.3) is 0 Å². The maximum Gasteiger partial charge on any atom is 0.0939 e. The Morgan fingerprint density at radius 2 is 2.17 bits per heavy atom. The van der Waals surface area contributed by atoms with Crippen LogP contribution in [-0.2, 0) is 13.5 Å². The lowest BCUT2D eigenvalue weighted by Gasteiger charge is -2.03. The first kappa shape index (κ1) is 13.0. The van der Waals surface area contributed by atoms with Gasteiger partial charge in [0.05, 0.1) is 10.7 Å². The van der Waals surface area contributed by atoms with Crippen LogP contribution in [0.1, 0.15) is 17.7 Å². The van der Waals surface area contributed by atoms with Crippen LogP contribution in [-0.4, -0.2) is 15.5 Å². The number of nitrogens with zero attached hydrogens (tertiary/aromatic N) is 2. The number of nitrogens with two attached hydrogens (primary N) is 1. The zero-order valence-corrected chi connectivity index (χ0v) is 11.7. The number of aromatic nitrogens is 2. The molecule has 0 radical (unpaired) electrons. The molecule has 96 valence electrons. The predicted octanol–water partition coefficient (Wildman–Crippen LogP) is 3.04. The lowest BCUT2D eigenvalue weighted by Crippen LogP contribution is -1.94. The number of benzene rings is 1. The standard InChI is InChI=1S/C14H19N3S/c1-11-9-14(17(2)16-11)18-8-4-6-12-5-3-7-13(15)10-12/h3,5,7,9-10H,4,6,8,15H2,1-2H3. The SMILES string of the molecule is Cc1cc(SCCCc2cccc(N)c2)n(C)n1. The van der Waals surface area contributed by atoms with Gasteiger partial charge in [-0.1, -0.05) is 12.1 Å². The van der Waals surface area contributed by atoms with Gasteiger partial charge in [0, 0.05) is 12.7 Å². The van der Waals surface area contributed by atoms with E-state index in [9.17, 15) is 0 Å². The summed E-state index contributed by atoms with van der Waals surface area (Å²) in [7, 11) is 1.99. The van der Waals surface area contributed by atoms with E-state index >= 15 is 0 Å². The van der Waals surface area contributed by atoms with Crippen molar-refractivity contribution >= 4 is 17.4 Å². The van der Waals surface area contributed by atoms with Crippen molar-refractivity contribution in [3.8, 4) is 0 Å². The molecule has 1 aromatic heterocycles. The van der Waals surface area contributed by atoms with Gasteiger partial charge in [0.15, 0.2) is 0 Å². The molecule has 0 aliphatic carbocycles. The van der Waals surface area contributed by atoms with Crippen molar-refractivity contribution in [1.82, 2.24) is 9.78 Å². The van der Waals surface area contributed by atoms with E-state index < -0.39 is 0 Å². The van der Waals surface area contributed by atoms with Crippen molar-refractivity contribution < 1.29 is 0 Å². The highest BCUT2D eigenvalue weighted by Crippen LogP contribution is 2.20. The third-order valence-corrected chi connectivity index (χ3v) is 3.94. The van der Waals surface area contributed by atoms with Crippen molar-refractivity contribution in [3.63, 3.8) is 0 Å². The summed E-state index contributed by atoms with van der Waals surface area (Å²) < 4.78 is 1.94. The number of hydrogen-bond donors (Lipinski definition) is 1. The highest BCUT2D eigenvalue weighted by Gasteiger charge is 2.02. The van der Waals surface area contributed by atoms with Gasteiger partial charge in [-0.05, 0) is 49.3 Å². The first-order chi connectivity index (χ1) is 8.65. The van der Waals surface area contributed by atoms with Crippen LogP contribution in [0.15, 0.2) is 35.4 Å². The summed E-state index contributed by atoms with van der Waals surface area (Å²) in [5.41, 5.74) is 9.01. The third kappa shape index (κ3) is 3.53. The molecule has 2 N–H and O–H groups in total. The molecule has 4 heteroatoms. The minimum Gasteiger partial charge on any atom is -0.399 e. The average molecular weight is 261 g/mol. The molecule has 3 nitrogen and oxygen atoms in total. The van der Waals surface area contributed by atoms with Crippen LogP contribution in [0.5, 0.6) is 0 Å². The van der Waals surface area contributed by atoms with Crippen molar-refractivity contribution in [2.24, 2.45) is 7.05 Å². The summed E-state index contributed by atoms with van der Waals surface area (Å²) >= 11 is 1.86. The van der Waals surface area contributed by atoms with Crippen LogP contribution >= 0.6 is 11.8 Å². The molecule has 18 heavy (non-hydrogen) atoms. The van der Waals surface area contributed by atoms with Gasteiger partial charge in [0.1, 0.15) is 0 Å². The van der Waals surface area contributed by atoms with Gasteiger partial charge in [0.2, 0.25) is 0 Å². The average Bonchev–Trinajstić information content (AvgIpc) is 2.64. The summed E-state index contributed by atoms with van der Waals surface area (Å²) in [5, 5.41) is 5.58. The minimum absolute atomic E-state index is 0.849. The number of anilines is 1. The molecule has 0 spiro atoms. The smallest absolute Gasteiger partial charge is 0.0939 e. The van der Waals surface area contributed by atoms with E-state index in [0.717, 1.165) is 30.0 Å². The lowest BCUT2D eigenvalue weighted by atomic mass is 10.1. The Bertz CT molecular complexity index is 520.